The summed E-state index contributed by atoms with van der Waals surface area (Å²) in [5, 5.41) is 13.1. The minimum absolute atomic E-state index is 0.0154. The molecule has 3 rings (SSSR count). The molecule has 0 aliphatic heterocycles. The molecule has 2 aromatic carbocycles. The summed E-state index contributed by atoms with van der Waals surface area (Å²) in [6, 6.07) is 12.4. The fraction of sp³-hybridized carbons (Fsp3) is 0.111. The van der Waals surface area contributed by atoms with E-state index in [-0.39, 0.29) is 16.3 Å². The lowest BCUT2D eigenvalue weighted by Crippen LogP contribution is -2.19. The summed E-state index contributed by atoms with van der Waals surface area (Å²) in [5.41, 5.74) is 2.20. The van der Waals surface area contributed by atoms with Gasteiger partial charge in [0.1, 0.15) is 0 Å². The number of hydrogen-bond donors (Lipinski definition) is 3. The number of fused-ring (bicyclic) bond motifs is 1. The van der Waals surface area contributed by atoms with E-state index in [1.165, 1.54) is 31.3 Å². The summed E-state index contributed by atoms with van der Waals surface area (Å²) in [7, 11) is -2.32. The van der Waals surface area contributed by atoms with Crippen LogP contribution in [-0.4, -0.2) is 31.5 Å². The van der Waals surface area contributed by atoms with Crippen molar-refractivity contribution in [3.63, 3.8) is 0 Å². The number of hydrogen-bond acceptors (Lipinski definition) is 5. The van der Waals surface area contributed by atoms with Crippen LogP contribution in [0.1, 0.15) is 15.9 Å². The van der Waals surface area contributed by atoms with Gasteiger partial charge in [0.25, 0.3) is 5.91 Å². The number of nitrogens with one attached hydrogen (secondary N) is 2. The molecule has 0 saturated carbocycles. The first kappa shape index (κ1) is 17.8. The van der Waals surface area contributed by atoms with Crippen LogP contribution in [0.25, 0.3) is 10.9 Å². The summed E-state index contributed by atoms with van der Waals surface area (Å²) < 4.78 is 26.0. The van der Waals surface area contributed by atoms with Gasteiger partial charge in [0.15, 0.2) is 0 Å². The molecule has 0 aliphatic rings. The second kappa shape index (κ2) is 6.74. The van der Waals surface area contributed by atoms with Gasteiger partial charge in [-0.05, 0) is 55.9 Å². The van der Waals surface area contributed by atoms with Gasteiger partial charge in [-0.25, -0.2) is 18.1 Å². The Labute approximate surface area is 150 Å². The molecular weight excluding hydrogens is 354 g/mol. The molecule has 26 heavy (non-hydrogen) atoms. The van der Waals surface area contributed by atoms with E-state index < -0.39 is 15.9 Å². The molecule has 1 aromatic heterocycles. The number of anilines is 1. The van der Waals surface area contributed by atoms with Crippen molar-refractivity contribution in [3.8, 4) is 5.88 Å². The van der Waals surface area contributed by atoms with Crippen LogP contribution in [0.3, 0.4) is 0 Å². The predicted molar refractivity (Wildman–Crippen MR) is 98.8 cm³/mol. The van der Waals surface area contributed by atoms with Crippen LogP contribution in [0.15, 0.2) is 53.4 Å². The van der Waals surface area contributed by atoms with E-state index in [9.17, 15) is 18.3 Å². The highest BCUT2D eigenvalue weighted by Crippen LogP contribution is 2.24. The standard InChI is InChI=1S/C18H17N3O4S/c1-11-8-17(22)21-16-7-6-13(10-15(11)16)20-18(23)12-4-3-5-14(9-12)26(24,25)19-2/h3-10,19H,1-2H3,(H,20,23)(H,21,22). The minimum Gasteiger partial charge on any atom is -0.493 e. The molecule has 3 aromatic rings. The second-order valence-corrected chi connectivity index (χ2v) is 7.61. The van der Waals surface area contributed by atoms with E-state index in [0.29, 0.717) is 11.2 Å². The first-order valence-electron chi connectivity index (χ1n) is 7.75. The highest BCUT2D eigenvalue weighted by molar-refractivity contribution is 7.89. The Bertz CT molecular complexity index is 1110. The van der Waals surface area contributed by atoms with Gasteiger partial charge in [0.2, 0.25) is 15.9 Å². The zero-order chi connectivity index (χ0) is 18.9. The molecule has 0 unspecified atom stereocenters. The number of sulfonamides is 1. The minimum atomic E-state index is -3.63. The molecule has 1 heterocycles. The topological polar surface area (TPSA) is 108 Å². The highest BCUT2D eigenvalue weighted by atomic mass is 32.2. The maximum atomic E-state index is 12.5. The van der Waals surface area contributed by atoms with Gasteiger partial charge in [-0.2, -0.15) is 0 Å². The van der Waals surface area contributed by atoms with Crippen LogP contribution in [0, 0.1) is 6.92 Å². The number of carbonyl (C=O) groups excluding carboxylic acids is 1. The van der Waals surface area contributed by atoms with Crippen LogP contribution in [0.4, 0.5) is 5.69 Å². The molecule has 1 amide bonds. The number of amides is 1. The zero-order valence-electron chi connectivity index (χ0n) is 14.1. The Kier molecular flexibility index (Phi) is 4.62. The Morgan fingerprint density at radius 1 is 1.12 bits per heavy atom. The summed E-state index contributed by atoms with van der Waals surface area (Å²) in [5.74, 6) is -0.490. The lowest BCUT2D eigenvalue weighted by molar-refractivity contribution is 0.102. The van der Waals surface area contributed by atoms with E-state index in [1.807, 2.05) is 6.92 Å². The molecule has 0 saturated heterocycles. The fourth-order valence-electron chi connectivity index (χ4n) is 2.58. The van der Waals surface area contributed by atoms with Crippen molar-refractivity contribution in [2.75, 3.05) is 12.4 Å². The molecule has 8 heteroatoms. The number of aryl methyl sites for hydroxylation is 1. The third-order valence-electron chi connectivity index (χ3n) is 3.94. The van der Waals surface area contributed by atoms with Gasteiger partial charge >= 0.3 is 0 Å². The summed E-state index contributed by atoms with van der Waals surface area (Å²) in [6.45, 7) is 1.83. The number of pyridine rings is 1. The van der Waals surface area contributed by atoms with Gasteiger partial charge in [-0.3, -0.25) is 4.79 Å². The number of carbonyl (C=O) groups is 1. The van der Waals surface area contributed by atoms with Crippen molar-refractivity contribution in [1.82, 2.24) is 9.71 Å². The number of benzene rings is 2. The first-order chi connectivity index (χ1) is 12.3. The van der Waals surface area contributed by atoms with E-state index in [4.69, 9.17) is 0 Å². The van der Waals surface area contributed by atoms with E-state index in [0.717, 1.165) is 10.9 Å². The Morgan fingerprint density at radius 3 is 2.62 bits per heavy atom. The Balaban J connectivity index is 1.91. The number of aromatic nitrogens is 1. The lowest BCUT2D eigenvalue weighted by Gasteiger charge is -2.09. The smallest absolute Gasteiger partial charge is 0.255 e. The van der Waals surface area contributed by atoms with E-state index in [1.54, 1.807) is 24.3 Å². The average Bonchev–Trinajstić information content (AvgIpc) is 2.62. The largest absolute Gasteiger partial charge is 0.493 e. The van der Waals surface area contributed by atoms with Gasteiger partial charge in [-0.1, -0.05) is 6.07 Å². The van der Waals surface area contributed by atoms with Crippen molar-refractivity contribution >= 4 is 32.5 Å². The predicted octanol–water partition coefficient (Wildman–Crippen LogP) is 2.41. The van der Waals surface area contributed by atoms with Gasteiger partial charge in [0.05, 0.1) is 10.4 Å². The number of rotatable bonds is 4. The van der Waals surface area contributed by atoms with Crippen LogP contribution in [0.2, 0.25) is 0 Å². The van der Waals surface area contributed by atoms with Gasteiger partial charge in [0, 0.05) is 22.7 Å². The fourth-order valence-corrected chi connectivity index (χ4v) is 3.36. The molecule has 0 atom stereocenters. The first-order valence-corrected chi connectivity index (χ1v) is 9.24. The average molecular weight is 371 g/mol. The van der Waals surface area contributed by atoms with Crippen LogP contribution < -0.4 is 10.0 Å². The normalized spacial score (nSPS) is 11.5. The van der Waals surface area contributed by atoms with Crippen LogP contribution >= 0.6 is 0 Å². The van der Waals surface area contributed by atoms with Gasteiger partial charge in [-0.15, -0.1) is 0 Å². The van der Waals surface area contributed by atoms with Gasteiger partial charge < -0.3 is 10.4 Å². The second-order valence-electron chi connectivity index (χ2n) is 5.72. The molecule has 134 valence electrons. The maximum Gasteiger partial charge on any atom is 0.255 e. The molecule has 3 N–H and O–H groups in total. The van der Waals surface area contributed by atoms with Crippen molar-refractivity contribution in [2.24, 2.45) is 0 Å². The monoisotopic (exact) mass is 371 g/mol. The van der Waals surface area contributed by atoms with E-state index >= 15 is 0 Å². The van der Waals surface area contributed by atoms with Crippen molar-refractivity contribution < 1.29 is 18.3 Å². The molecule has 0 aliphatic carbocycles. The highest BCUT2D eigenvalue weighted by Gasteiger charge is 2.14. The quantitative estimate of drug-likeness (QED) is 0.653. The molecule has 0 spiro atoms. The molecule has 7 nitrogen and oxygen atoms in total. The molecule has 0 bridgehead atoms. The SMILES string of the molecule is CNS(=O)(=O)c1cccc(C(=O)Nc2ccc3nc(O)cc(C)c3c2)c1. The number of aromatic hydroxyl groups is 1. The summed E-state index contributed by atoms with van der Waals surface area (Å²) in [6.07, 6.45) is 0. The Hall–Kier alpha value is -2.97. The van der Waals surface area contributed by atoms with Crippen molar-refractivity contribution in [1.29, 1.82) is 0 Å². The molecular formula is C18H17N3O4S. The number of nitrogens with zero attached hydrogens (tertiary/aromatic N) is 1. The third kappa shape index (κ3) is 3.51. The Morgan fingerprint density at radius 2 is 1.88 bits per heavy atom. The third-order valence-corrected chi connectivity index (χ3v) is 5.35. The van der Waals surface area contributed by atoms with E-state index in [2.05, 4.69) is 15.0 Å². The van der Waals surface area contributed by atoms with Crippen LogP contribution in [0.5, 0.6) is 5.88 Å². The summed E-state index contributed by atoms with van der Waals surface area (Å²) in [4.78, 5) is 16.5. The molecule has 0 radical (unpaired) electrons. The van der Waals surface area contributed by atoms with Crippen molar-refractivity contribution in [2.45, 2.75) is 11.8 Å². The summed E-state index contributed by atoms with van der Waals surface area (Å²) >= 11 is 0. The zero-order valence-corrected chi connectivity index (χ0v) is 15.0. The van der Waals surface area contributed by atoms with Crippen molar-refractivity contribution in [3.05, 3.63) is 59.7 Å². The lowest BCUT2D eigenvalue weighted by atomic mass is 10.1. The molecule has 0 fully saturated rings. The maximum absolute atomic E-state index is 12.5. The van der Waals surface area contributed by atoms with Crippen LogP contribution in [-0.2, 0) is 10.0 Å².